The first-order valence-electron chi connectivity index (χ1n) is 4.53. The van der Waals surface area contributed by atoms with Gasteiger partial charge in [0.2, 0.25) is 0 Å². The van der Waals surface area contributed by atoms with Gasteiger partial charge >= 0.3 is 0 Å². The molecule has 0 aliphatic carbocycles. The average Bonchev–Trinajstić information content (AvgIpc) is 2.60. The van der Waals surface area contributed by atoms with Gasteiger partial charge in [0, 0.05) is 0 Å². The van der Waals surface area contributed by atoms with Gasteiger partial charge in [-0.2, -0.15) is 0 Å². The van der Waals surface area contributed by atoms with Crippen LogP contribution in [0.15, 0.2) is 17.5 Å². The Hall–Kier alpha value is -0.290. The molecule has 2 aromatic rings. The van der Waals surface area contributed by atoms with Gasteiger partial charge in [-0.3, -0.25) is 0 Å². The summed E-state index contributed by atoms with van der Waals surface area (Å²) in [4.78, 5) is 0. The van der Waals surface area contributed by atoms with Gasteiger partial charge in [0.1, 0.15) is 0 Å². The van der Waals surface area contributed by atoms with Crippen LogP contribution in [0, 0.1) is 10.5 Å². The Morgan fingerprint density at radius 2 is 2.29 bits per heavy atom. The zero-order valence-electron chi connectivity index (χ0n) is 8.13. The molecular formula is C11H11IOS. The predicted molar refractivity (Wildman–Crippen MR) is 70.4 cm³/mol. The van der Waals surface area contributed by atoms with Crippen LogP contribution < -0.4 is 4.74 Å². The number of benzene rings is 1. The number of halogens is 1. The van der Waals surface area contributed by atoms with E-state index in [2.05, 4.69) is 47.0 Å². The van der Waals surface area contributed by atoms with Crippen molar-refractivity contribution >= 4 is 44.0 Å². The summed E-state index contributed by atoms with van der Waals surface area (Å²) < 4.78 is 8.19. The van der Waals surface area contributed by atoms with Crippen molar-refractivity contribution in [3.63, 3.8) is 0 Å². The molecule has 0 fully saturated rings. The molecule has 1 nitrogen and oxygen atoms in total. The van der Waals surface area contributed by atoms with E-state index in [0.717, 1.165) is 12.4 Å². The quantitative estimate of drug-likeness (QED) is 0.754. The minimum Gasteiger partial charge on any atom is -0.491 e. The van der Waals surface area contributed by atoms with E-state index in [4.69, 9.17) is 4.74 Å². The number of thiophene rings is 1. The molecule has 1 aromatic heterocycles. The highest BCUT2D eigenvalue weighted by atomic mass is 127. The van der Waals surface area contributed by atoms with Crippen molar-refractivity contribution in [2.24, 2.45) is 0 Å². The van der Waals surface area contributed by atoms with Crippen molar-refractivity contribution in [2.75, 3.05) is 6.61 Å². The van der Waals surface area contributed by atoms with Crippen molar-refractivity contribution < 1.29 is 4.74 Å². The molecule has 1 aromatic carbocycles. The van der Waals surface area contributed by atoms with Crippen LogP contribution in [-0.2, 0) is 0 Å². The van der Waals surface area contributed by atoms with Crippen LogP contribution in [0.3, 0.4) is 0 Å². The predicted octanol–water partition coefficient (Wildman–Crippen LogP) is 4.21. The van der Waals surface area contributed by atoms with Crippen LogP contribution in [0.4, 0.5) is 0 Å². The Bertz CT molecular complexity index is 462. The smallest absolute Gasteiger partial charge is 0.150 e. The molecule has 74 valence electrons. The van der Waals surface area contributed by atoms with Gasteiger partial charge in [-0.1, -0.05) is 0 Å². The Morgan fingerprint density at radius 1 is 1.50 bits per heavy atom. The molecule has 2 rings (SSSR count). The van der Waals surface area contributed by atoms with Crippen LogP contribution in [0.2, 0.25) is 0 Å². The fourth-order valence-electron chi connectivity index (χ4n) is 1.47. The third-order valence-corrected chi connectivity index (χ3v) is 4.38. The number of hydrogen-bond donors (Lipinski definition) is 0. The van der Waals surface area contributed by atoms with Crippen LogP contribution in [0.25, 0.3) is 10.1 Å². The molecule has 0 saturated heterocycles. The van der Waals surface area contributed by atoms with Gasteiger partial charge in [-0.25, -0.2) is 0 Å². The first-order chi connectivity index (χ1) is 6.74. The molecule has 0 amide bonds. The molecule has 3 heteroatoms. The fourth-order valence-corrected chi connectivity index (χ4v) is 3.11. The first-order valence-corrected chi connectivity index (χ1v) is 6.49. The second kappa shape index (κ2) is 4.06. The highest BCUT2D eigenvalue weighted by Crippen LogP contribution is 2.36. The summed E-state index contributed by atoms with van der Waals surface area (Å²) in [7, 11) is 0. The lowest BCUT2D eigenvalue weighted by Crippen LogP contribution is -1.95. The summed E-state index contributed by atoms with van der Waals surface area (Å²) in [5, 5.41) is 3.40. The van der Waals surface area contributed by atoms with Crippen molar-refractivity contribution in [2.45, 2.75) is 13.8 Å². The lowest BCUT2D eigenvalue weighted by molar-refractivity contribution is 0.342. The molecule has 14 heavy (non-hydrogen) atoms. The first kappa shape index (κ1) is 10.2. The zero-order chi connectivity index (χ0) is 10.1. The van der Waals surface area contributed by atoms with Crippen LogP contribution in [0.5, 0.6) is 5.75 Å². The zero-order valence-corrected chi connectivity index (χ0v) is 11.1. The normalized spacial score (nSPS) is 10.8. The minimum atomic E-state index is 0.729. The van der Waals surface area contributed by atoms with Crippen LogP contribution in [0.1, 0.15) is 12.5 Å². The number of aryl methyl sites for hydroxylation is 1. The molecule has 1 heterocycles. The molecule has 0 bridgehead atoms. The molecule has 0 radical (unpaired) electrons. The highest BCUT2D eigenvalue weighted by molar-refractivity contribution is 14.1. The number of hydrogen-bond acceptors (Lipinski definition) is 2. The summed E-state index contributed by atoms with van der Waals surface area (Å²) in [5.41, 5.74) is 1.29. The van der Waals surface area contributed by atoms with Crippen molar-refractivity contribution in [3.8, 4) is 5.75 Å². The van der Waals surface area contributed by atoms with Crippen LogP contribution in [-0.4, -0.2) is 6.61 Å². The Kier molecular flexibility index (Phi) is 2.97. The topological polar surface area (TPSA) is 9.23 Å². The van der Waals surface area contributed by atoms with Crippen molar-refractivity contribution in [3.05, 3.63) is 26.6 Å². The average molecular weight is 318 g/mol. The molecule has 0 unspecified atom stereocenters. The summed E-state index contributed by atoms with van der Waals surface area (Å²) >= 11 is 4.10. The summed E-state index contributed by atoms with van der Waals surface area (Å²) in [6.45, 7) is 4.88. The van der Waals surface area contributed by atoms with E-state index in [0.29, 0.717) is 0 Å². The Labute approximate surface area is 101 Å². The van der Waals surface area contributed by atoms with Gasteiger partial charge in [-0.05, 0) is 64.9 Å². The molecule has 0 aliphatic rings. The van der Waals surface area contributed by atoms with E-state index < -0.39 is 0 Å². The molecular weight excluding hydrogens is 307 g/mol. The lowest BCUT2D eigenvalue weighted by Gasteiger charge is -2.09. The van der Waals surface area contributed by atoms with E-state index in [1.807, 2.05) is 6.92 Å². The Balaban J connectivity index is 2.73. The van der Waals surface area contributed by atoms with E-state index >= 15 is 0 Å². The summed E-state index contributed by atoms with van der Waals surface area (Å²) in [5.74, 6) is 1.05. The van der Waals surface area contributed by atoms with E-state index in [1.54, 1.807) is 11.3 Å². The number of ether oxygens (including phenoxy) is 1. The van der Waals surface area contributed by atoms with Crippen molar-refractivity contribution in [1.29, 1.82) is 0 Å². The van der Waals surface area contributed by atoms with E-state index in [9.17, 15) is 0 Å². The van der Waals surface area contributed by atoms with Gasteiger partial charge in [0.05, 0.1) is 14.9 Å². The molecule has 0 saturated carbocycles. The molecule has 0 N–H and O–H groups in total. The maximum Gasteiger partial charge on any atom is 0.150 e. The summed E-state index contributed by atoms with van der Waals surface area (Å²) in [6.07, 6.45) is 0. The maximum absolute atomic E-state index is 5.69. The second-order valence-corrected chi connectivity index (χ2v) is 5.10. The van der Waals surface area contributed by atoms with E-state index in [-0.39, 0.29) is 0 Å². The summed E-state index contributed by atoms with van der Waals surface area (Å²) in [6, 6.07) is 4.36. The lowest BCUT2D eigenvalue weighted by atomic mass is 10.2. The molecule has 0 atom stereocenters. The molecule has 0 aliphatic heterocycles. The third-order valence-electron chi connectivity index (χ3n) is 2.11. The monoisotopic (exact) mass is 318 g/mol. The van der Waals surface area contributed by atoms with Gasteiger partial charge in [0.25, 0.3) is 0 Å². The second-order valence-electron chi connectivity index (χ2n) is 3.11. The van der Waals surface area contributed by atoms with Gasteiger partial charge in [-0.15, -0.1) is 11.3 Å². The standard InChI is InChI=1S/C11H11IOS/c1-3-13-10-9(12)7(2)6-8-4-5-14-11(8)10/h4-6H,3H2,1-2H3. The van der Waals surface area contributed by atoms with E-state index in [1.165, 1.54) is 19.2 Å². The highest BCUT2D eigenvalue weighted by Gasteiger charge is 2.10. The Morgan fingerprint density at radius 3 is 3.00 bits per heavy atom. The van der Waals surface area contributed by atoms with Gasteiger partial charge < -0.3 is 4.74 Å². The molecule has 0 spiro atoms. The van der Waals surface area contributed by atoms with Crippen LogP contribution >= 0.6 is 33.9 Å². The fraction of sp³-hybridized carbons (Fsp3) is 0.273. The van der Waals surface area contributed by atoms with Gasteiger partial charge in [0.15, 0.2) is 5.75 Å². The number of fused-ring (bicyclic) bond motifs is 1. The minimum absolute atomic E-state index is 0.729. The SMILES string of the molecule is CCOc1c(I)c(C)cc2ccsc12. The number of rotatable bonds is 2. The largest absolute Gasteiger partial charge is 0.491 e. The van der Waals surface area contributed by atoms with Crippen molar-refractivity contribution in [1.82, 2.24) is 0 Å². The maximum atomic E-state index is 5.69. The third kappa shape index (κ3) is 1.63.